The van der Waals surface area contributed by atoms with E-state index in [0.717, 1.165) is 25.7 Å². The SMILES string of the molecule is O=C(N[C@H]1CCCC[C@@H]1O)c1ccc(O)cc1. The Bertz CT molecular complexity index is 388. The fourth-order valence-corrected chi connectivity index (χ4v) is 2.14. The van der Waals surface area contributed by atoms with Gasteiger partial charge < -0.3 is 15.5 Å². The molecule has 0 unspecified atom stereocenters. The number of hydrogen-bond donors (Lipinski definition) is 3. The Balaban J connectivity index is 1.98. The van der Waals surface area contributed by atoms with Crippen LogP contribution in [0.2, 0.25) is 0 Å². The molecule has 1 saturated carbocycles. The number of aliphatic hydroxyl groups is 1. The molecule has 3 N–H and O–H groups in total. The Morgan fingerprint density at radius 3 is 2.47 bits per heavy atom. The average molecular weight is 235 g/mol. The highest BCUT2D eigenvalue weighted by Crippen LogP contribution is 2.19. The third-order valence-corrected chi connectivity index (χ3v) is 3.18. The van der Waals surface area contributed by atoms with Crippen LogP contribution in [0.15, 0.2) is 24.3 Å². The van der Waals surface area contributed by atoms with E-state index in [1.807, 2.05) is 0 Å². The van der Waals surface area contributed by atoms with E-state index in [4.69, 9.17) is 5.11 Å². The normalized spacial score (nSPS) is 24.3. The minimum atomic E-state index is -0.440. The number of phenolic OH excluding ortho intramolecular Hbond substituents is 1. The van der Waals surface area contributed by atoms with Crippen LogP contribution in [0.4, 0.5) is 0 Å². The Morgan fingerprint density at radius 2 is 1.82 bits per heavy atom. The molecule has 92 valence electrons. The molecular weight excluding hydrogens is 218 g/mol. The second-order valence-corrected chi connectivity index (χ2v) is 4.48. The van der Waals surface area contributed by atoms with Gasteiger partial charge in [0.25, 0.3) is 5.91 Å². The van der Waals surface area contributed by atoms with Gasteiger partial charge in [-0.3, -0.25) is 4.79 Å². The highest BCUT2D eigenvalue weighted by Gasteiger charge is 2.24. The van der Waals surface area contributed by atoms with Crippen molar-refractivity contribution in [2.24, 2.45) is 0 Å². The van der Waals surface area contributed by atoms with Gasteiger partial charge in [0.05, 0.1) is 12.1 Å². The molecule has 0 spiro atoms. The van der Waals surface area contributed by atoms with Crippen molar-refractivity contribution in [3.8, 4) is 5.75 Å². The monoisotopic (exact) mass is 235 g/mol. The summed E-state index contributed by atoms with van der Waals surface area (Å²) in [6.45, 7) is 0. The van der Waals surface area contributed by atoms with Gasteiger partial charge in [0, 0.05) is 5.56 Å². The van der Waals surface area contributed by atoms with Crippen LogP contribution in [0.1, 0.15) is 36.0 Å². The lowest BCUT2D eigenvalue weighted by molar-refractivity contribution is 0.0717. The fourth-order valence-electron chi connectivity index (χ4n) is 2.14. The minimum Gasteiger partial charge on any atom is -0.508 e. The molecule has 0 radical (unpaired) electrons. The van der Waals surface area contributed by atoms with Gasteiger partial charge in [-0.15, -0.1) is 0 Å². The molecular formula is C13H17NO3. The molecule has 17 heavy (non-hydrogen) atoms. The molecule has 0 aliphatic heterocycles. The molecule has 0 bridgehead atoms. The number of nitrogens with one attached hydrogen (secondary N) is 1. The smallest absolute Gasteiger partial charge is 0.251 e. The summed E-state index contributed by atoms with van der Waals surface area (Å²) in [4.78, 5) is 11.9. The maximum Gasteiger partial charge on any atom is 0.251 e. The molecule has 4 nitrogen and oxygen atoms in total. The van der Waals surface area contributed by atoms with Crippen LogP contribution in [0.3, 0.4) is 0 Å². The van der Waals surface area contributed by atoms with Gasteiger partial charge in [0.2, 0.25) is 0 Å². The topological polar surface area (TPSA) is 69.6 Å². The van der Waals surface area contributed by atoms with Crippen LogP contribution in [0.25, 0.3) is 0 Å². The van der Waals surface area contributed by atoms with Crippen molar-refractivity contribution >= 4 is 5.91 Å². The van der Waals surface area contributed by atoms with E-state index in [1.165, 1.54) is 12.1 Å². The standard InChI is InChI=1S/C13H17NO3/c15-10-7-5-9(6-8-10)13(17)14-11-3-1-2-4-12(11)16/h5-8,11-12,15-16H,1-4H2,(H,14,17)/t11-,12-/m0/s1. The van der Waals surface area contributed by atoms with Crippen molar-refractivity contribution in [3.05, 3.63) is 29.8 Å². The molecule has 4 heteroatoms. The Morgan fingerprint density at radius 1 is 1.18 bits per heavy atom. The van der Waals surface area contributed by atoms with Crippen LogP contribution in [0, 0.1) is 0 Å². The fraction of sp³-hybridized carbons (Fsp3) is 0.462. The molecule has 1 fully saturated rings. The predicted molar refractivity (Wildman–Crippen MR) is 63.8 cm³/mol. The molecule has 1 amide bonds. The summed E-state index contributed by atoms with van der Waals surface area (Å²) in [6, 6.07) is 5.95. The van der Waals surface area contributed by atoms with E-state index in [2.05, 4.69) is 5.32 Å². The molecule has 0 aromatic heterocycles. The van der Waals surface area contributed by atoms with Crippen molar-refractivity contribution in [1.82, 2.24) is 5.32 Å². The minimum absolute atomic E-state index is 0.138. The molecule has 2 rings (SSSR count). The van der Waals surface area contributed by atoms with E-state index in [1.54, 1.807) is 12.1 Å². The summed E-state index contributed by atoms with van der Waals surface area (Å²) in [7, 11) is 0. The van der Waals surface area contributed by atoms with E-state index >= 15 is 0 Å². The lowest BCUT2D eigenvalue weighted by Gasteiger charge is -2.28. The average Bonchev–Trinajstić information content (AvgIpc) is 2.33. The van der Waals surface area contributed by atoms with Crippen molar-refractivity contribution in [2.45, 2.75) is 37.8 Å². The zero-order chi connectivity index (χ0) is 12.3. The Hall–Kier alpha value is -1.55. The van der Waals surface area contributed by atoms with Crippen molar-refractivity contribution < 1.29 is 15.0 Å². The largest absolute Gasteiger partial charge is 0.508 e. The van der Waals surface area contributed by atoms with Gasteiger partial charge in [-0.25, -0.2) is 0 Å². The second-order valence-electron chi connectivity index (χ2n) is 4.48. The Kier molecular flexibility index (Phi) is 3.64. The zero-order valence-corrected chi connectivity index (χ0v) is 9.60. The van der Waals surface area contributed by atoms with Gasteiger partial charge >= 0.3 is 0 Å². The number of carbonyl (C=O) groups excluding carboxylic acids is 1. The first-order chi connectivity index (χ1) is 8.16. The maximum atomic E-state index is 11.9. The molecule has 1 aliphatic rings. The first kappa shape index (κ1) is 11.9. The first-order valence-corrected chi connectivity index (χ1v) is 5.95. The summed E-state index contributed by atoms with van der Waals surface area (Å²) in [5.74, 6) is -0.0600. The van der Waals surface area contributed by atoms with Crippen LogP contribution in [-0.4, -0.2) is 28.3 Å². The number of aromatic hydroxyl groups is 1. The lowest BCUT2D eigenvalue weighted by Crippen LogP contribution is -2.45. The number of amides is 1. The van der Waals surface area contributed by atoms with Crippen LogP contribution < -0.4 is 5.32 Å². The van der Waals surface area contributed by atoms with E-state index < -0.39 is 6.10 Å². The number of phenols is 1. The summed E-state index contributed by atoms with van der Waals surface area (Å²) < 4.78 is 0. The predicted octanol–water partition coefficient (Wildman–Crippen LogP) is 1.43. The highest BCUT2D eigenvalue weighted by atomic mass is 16.3. The second kappa shape index (κ2) is 5.19. The van der Waals surface area contributed by atoms with Crippen molar-refractivity contribution in [3.63, 3.8) is 0 Å². The number of carbonyl (C=O) groups is 1. The van der Waals surface area contributed by atoms with Crippen LogP contribution in [-0.2, 0) is 0 Å². The van der Waals surface area contributed by atoms with E-state index in [9.17, 15) is 9.90 Å². The Labute approximate surface area is 100 Å². The van der Waals surface area contributed by atoms with Gasteiger partial charge in [-0.2, -0.15) is 0 Å². The van der Waals surface area contributed by atoms with Crippen molar-refractivity contribution in [1.29, 1.82) is 0 Å². The van der Waals surface area contributed by atoms with Crippen LogP contribution >= 0.6 is 0 Å². The number of benzene rings is 1. The van der Waals surface area contributed by atoms with Crippen molar-refractivity contribution in [2.75, 3.05) is 0 Å². The molecule has 1 aliphatic carbocycles. The van der Waals surface area contributed by atoms with E-state index in [-0.39, 0.29) is 17.7 Å². The van der Waals surface area contributed by atoms with Gasteiger partial charge in [0.1, 0.15) is 5.75 Å². The summed E-state index contributed by atoms with van der Waals surface area (Å²) in [6.07, 6.45) is 3.19. The molecule has 0 saturated heterocycles. The molecule has 0 heterocycles. The highest BCUT2D eigenvalue weighted by molar-refractivity contribution is 5.94. The molecule has 2 atom stereocenters. The summed E-state index contributed by atoms with van der Waals surface area (Å²) >= 11 is 0. The number of aliphatic hydroxyl groups excluding tert-OH is 1. The maximum absolute atomic E-state index is 11.9. The van der Waals surface area contributed by atoms with E-state index in [0.29, 0.717) is 5.56 Å². The first-order valence-electron chi connectivity index (χ1n) is 5.95. The van der Waals surface area contributed by atoms with Gasteiger partial charge in [-0.05, 0) is 37.1 Å². The van der Waals surface area contributed by atoms with Crippen LogP contribution in [0.5, 0.6) is 5.75 Å². The number of rotatable bonds is 2. The molecule has 1 aromatic carbocycles. The number of hydrogen-bond acceptors (Lipinski definition) is 3. The lowest BCUT2D eigenvalue weighted by atomic mass is 9.92. The summed E-state index contributed by atoms with van der Waals surface area (Å²) in [5.41, 5.74) is 0.501. The van der Waals surface area contributed by atoms with Gasteiger partial charge in [-0.1, -0.05) is 12.8 Å². The molecule has 1 aromatic rings. The quantitative estimate of drug-likeness (QED) is 0.726. The zero-order valence-electron chi connectivity index (χ0n) is 9.60. The third kappa shape index (κ3) is 2.97. The summed E-state index contributed by atoms with van der Waals surface area (Å²) in [5, 5.41) is 21.7. The third-order valence-electron chi connectivity index (χ3n) is 3.18. The van der Waals surface area contributed by atoms with Gasteiger partial charge in [0.15, 0.2) is 0 Å².